The smallest absolute Gasteiger partial charge is 0.357 e. The van der Waals surface area contributed by atoms with Crippen molar-refractivity contribution in [1.82, 2.24) is 15.0 Å². The van der Waals surface area contributed by atoms with Crippen LogP contribution in [0.15, 0.2) is 60.1 Å². The third-order valence-electron chi connectivity index (χ3n) is 5.98. The third kappa shape index (κ3) is 7.41. The van der Waals surface area contributed by atoms with Crippen LogP contribution in [0.3, 0.4) is 0 Å². The predicted molar refractivity (Wildman–Crippen MR) is 159 cm³/mol. The van der Waals surface area contributed by atoms with Gasteiger partial charge in [-0.3, -0.25) is 5.32 Å². The summed E-state index contributed by atoms with van der Waals surface area (Å²) in [4.78, 5) is 39.9. The lowest BCUT2D eigenvalue weighted by Gasteiger charge is -2.28. The number of methoxy groups -OCH3 is 1. The molecule has 1 aliphatic heterocycles. The molecular formula is C28H29N7O6S. The lowest BCUT2D eigenvalue weighted by Crippen LogP contribution is -2.36. The van der Waals surface area contributed by atoms with Crippen LogP contribution in [0.5, 0.6) is 17.4 Å². The highest BCUT2D eigenvalue weighted by Gasteiger charge is 2.17. The lowest BCUT2D eigenvalue weighted by atomic mass is 10.2. The molecule has 2 amide bonds. The molecule has 0 saturated carbocycles. The Morgan fingerprint density at radius 1 is 1.00 bits per heavy atom. The third-order valence-corrected chi connectivity index (χ3v) is 6.74. The number of ether oxygens (including phenoxy) is 4. The van der Waals surface area contributed by atoms with Gasteiger partial charge in [0.25, 0.3) is 0 Å². The second-order valence-corrected chi connectivity index (χ2v) is 9.66. The number of thiazole rings is 1. The van der Waals surface area contributed by atoms with E-state index in [9.17, 15) is 9.59 Å². The van der Waals surface area contributed by atoms with E-state index in [1.54, 1.807) is 38.3 Å². The molecule has 0 spiro atoms. The highest BCUT2D eigenvalue weighted by Crippen LogP contribution is 2.30. The van der Waals surface area contributed by atoms with E-state index in [0.717, 1.165) is 35.8 Å². The summed E-state index contributed by atoms with van der Waals surface area (Å²) < 4.78 is 21.6. The summed E-state index contributed by atoms with van der Waals surface area (Å²) in [7, 11) is 1.57. The topological polar surface area (TPSA) is 149 Å². The molecule has 3 heterocycles. The second kappa shape index (κ2) is 13.6. The molecule has 1 aliphatic rings. The molecule has 3 N–H and O–H groups in total. The van der Waals surface area contributed by atoms with Gasteiger partial charge in [0.1, 0.15) is 17.2 Å². The van der Waals surface area contributed by atoms with E-state index in [2.05, 4.69) is 35.8 Å². The van der Waals surface area contributed by atoms with Crippen LogP contribution >= 0.6 is 11.3 Å². The summed E-state index contributed by atoms with van der Waals surface area (Å²) in [6.45, 7) is 5.04. The first-order valence-electron chi connectivity index (χ1n) is 13.1. The quantitative estimate of drug-likeness (QED) is 0.211. The average molecular weight is 592 g/mol. The largest absolute Gasteiger partial charge is 0.497 e. The molecule has 5 rings (SSSR count). The normalized spacial score (nSPS) is 12.8. The van der Waals surface area contributed by atoms with Crippen molar-refractivity contribution < 1.29 is 28.5 Å². The maximum atomic E-state index is 12.8. The van der Waals surface area contributed by atoms with Crippen LogP contribution in [-0.2, 0) is 9.47 Å². The molecule has 0 unspecified atom stereocenters. The van der Waals surface area contributed by atoms with Crippen LogP contribution in [0.2, 0.25) is 0 Å². The zero-order chi connectivity index (χ0) is 29.3. The van der Waals surface area contributed by atoms with Crippen LogP contribution in [0.25, 0.3) is 0 Å². The maximum absolute atomic E-state index is 12.8. The van der Waals surface area contributed by atoms with Crippen LogP contribution in [-0.4, -0.2) is 67.0 Å². The first kappa shape index (κ1) is 28.6. The van der Waals surface area contributed by atoms with Crippen molar-refractivity contribution in [2.75, 3.05) is 60.9 Å². The van der Waals surface area contributed by atoms with Crippen LogP contribution < -0.4 is 30.3 Å². The summed E-state index contributed by atoms with van der Waals surface area (Å²) in [5, 5.41) is 10.2. The number of esters is 1. The number of carbonyl (C=O) groups is 2. The number of nitrogens with zero attached hydrogens (tertiary/aromatic N) is 4. The van der Waals surface area contributed by atoms with E-state index >= 15 is 0 Å². The monoisotopic (exact) mass is 591 g/mol. The van der Waals surface area contributed by atoms with Gasteiger partial charge in [0, 0.05) is 29.8 Å². The molecule has 2 aromatic heterocycles. The molecule has 1 fully saturated rings. The number of nitrogens with one attached hydrogen (secondary N) is 3. The van der Waals surface area contributed by atoms with Gasteiger partial charge in [-0.25, -0.2) is 19.6 Å². The maximum Gasteiger partial charge on any atom is 0.357 e. The van der Waals surface area contributed by atoms with Crippen molar-refractivity contribution in [3.8, 4) is 17.4 Å². The van der Waals surface area contributed by atoms with Gasteiger partial charge in [0.05, 0.1) is 33.1 Å². The number of benzene rings is 2. The van der Waals surface area contributed by atoms with Crippen molar-refractivity contribution in [3.63, 3.8) is 0 Å². The Balaban J connectivity index is 1.31. The Morgan fingerprint density at radius 3 is 2.45 bits per heavy atom. The predicted octanol–water partition coefficient (Wildman–Crippen LogP) is 5.13. The molecule has 2 aromatic carbocycles. The summed E-state index contributed by atoms with van der Waals surface area (Å²) >= 11 is 1.09. The van der Waals surface area contributed by atoms with Crippen LogP contribution in [0, 0.1) is 0 Å². The van der Waals surface area contributed by atoms with Gasteiger partial charge in [-0.2, -0.15) is 4.98 Å². The second-order valence-electron chi connectivity index (χ2n) is 8.80. The van der Waals surface area contributed by atoms with E-state index in [1.165, 1.54) is 11.6 Å². The van der Waals surface area contributed by atoms with Gasteiger partial charge in [0.15, 0.2) is 10.8 Å². The highest BCUT2D eigenvalue weighted by atomic mass is 32.1. The van der Waals surface area contributed by atoms with Crippen LogP contribution in [0.4, 0.5) is 32.9 Å². The number of urea groups is 1. The standard InChI is InChI=1S/C28H29N7O6S/c1-3-40-25(36)23-17-42-28(32-23)34-27(37)31-22-16-29-26(33-24(22)41-21-10-8-20(38-2)9-11-21)30-18-4-6-19(7-5-18)35-12-14-39-15-13-35/h4-11,16-17H,3,12-15H2,1-2H3,(H,29,30,33)(H2,31,32,34,37). The van der Waals surface area contributed by atoms with Gasteiger partial charge in [-0.1, -0.05) is 0 Å². The molecule has 218 valence electrons. The van der Waals surface area contributed by atoms with Gasteiger partial charge in [-0.05, 0) is 55.5 Å². The summed E-state index contributed by atoms with van der Waals surface area (Å²) in [5.41, 5.74) is 2.20. The number of amides is 2. The number of carbonyl (C=O) groups excluding carboxylic acids is 2. The average Bonchev–Trinajstić information content (AvgIpc) is 3.48. The van der Waals surface area contributed by atoms with Gasteiger partial charge in [-0.15, -0.1) is 11.3 Å². The molecule has 4 aromatic rings. The molecule has 13 nitrogen and oxygen atoms in total. The fourth-order valence-corrected chi connectivity index (χ4v) is 4.61. The van der Waals surface area contributed by atoms with E-state index in [4.69, 9.17) is 18.9 Å². The number of aromatic nitrogens is 3. The fraction of sp³-hybridized carbons (Fsp3) is 0.250. The number of hydrogen-bond donors (Lipinski definition) is 3. The van der Waals surface area contributed by atoms with E-state index in [-0.39, 0.29) is 34.9 Å². The van der Waals surface area contributed by atoms with Crippen molar-refractivity contribution in [3.05, 3.63) is 65.8 Å². The Bertz CT molecular complexity index is 1510. The van der Waals surface area contributed by atoms with Crippen molar-refractivity contribution in [2.45, 2.75) is 6.92 Å². The van der Waals surface area contributed by atoms with Crippen molar-refractivity contribution in [1.29, 1.82) is 0 Å². The Labute approximate surface area is 245 Å². The summed E-state index contributed by atoms with van der Waals surface area (Å²) in [6, 6.07) is 14.2. The van der Waals surface area contributed by atoms with Crippen LogP contribution in [0.1, 0.15) is 17.4 Å². The zero-order valence-electron chi connectivity index (χ0n) is 23.0. The molecule has 14 heteroatoms. The lowest BCUT2D eigenvalue weighted by molar-refractivity contribution is 0.0520. The minimum absolute atomic E-state index is 0.101. The number of rotatable bonds is 10. The highest BCUT2D eigenvalue weighted by molar-refractivity contribution is 7.14. The van der Waals surface area contributed by atoms with Crippen molar-refractivity contribution >= 4 is 51.5 Å². The summed E-state index contributed by atoms with van der Waals surface area (Å²) in [6.07, 6.45) is 1.43. The van der Waals surface area contributed by atoms with E-state index in [0.29, 0.717) is 24.7 Å². The molecule has 1 saturated heterocycles. The summed E-state index contributed by atoms with van der Waals surface area (Å²) in [5.74, 6) is 0.936. The van der Waals surface area contributed by atoms with Gasteiger partial charge >= 0.3 is 12.0 Å². The van der Waals surface area contributed by atoms with E-state index in [1.807, 2.05) is 24.3 Å². The Morgan fingerprint density at radius 2 is 1.74 bits per heavy atom. The number of hydrogen-bond acceptors (Lipinski definition) is 12. The molecular weight excluding hydrogens is 562 g/mol. The Kier molecular flexibility index (Phi) is 9.26. The van der Waals surface area contributed by atoms with Gasteiger partial charge < -0.3 is 34.5 Å². The number of anilines is 5. The number of morpholine rings is 1. The van der Waals surface area contributed by atoms with E-state index < -0.39 is 12.0 Å². The first-order chi connectivity index (χ1) is 20.5. The SMILES string of the molecule is CCOC(=O)c1csc(NC(=O)Nc2cnc(Nc3ccc(N4CCOCC4)cc3)nc2Oc2ccc(OC)cc2)n1. The molecule has 0 bridgehead atoms. The first-order valence-corrected chi connectivity index (χ1v) is 14.0. The van der Waals surface area contributed by atoms with Gasteiger partial charge in [0.2, 0.25) is 11.8 Å². The molecule has 0 atom stereocenters. The zero-order valence-corrected chi connectivity index (χ0v) is 23.8. The molecule has 0 radical (unpaired) electrons. The Hall–Kier alpha value is -4.95. The fourth-order valence-electron chi connectivity index (χ4n) is 3.93. The minimum atomic E-state index is -0.623. The van der Waals surface area contributed by atoms with Crippen molar-refractivity contribution in [2.24, 2.45) is 0 Å². The minimum Gasteiger partial charge on any atom is -0.497 e. The molecule has 42 heavy (non-hydrogen) atoms. The molecule has 0 aliphatic carbocycles.